The number of hydrogen-bond acceptors (Lipinski definition) is 3. The lowest BCUT2D eigenvalue weighted by molar-refractivity contribution is -0.631. The van der Waals surface area contributed by atoms with Gasteiger partial charge in [-0.05, 0) is 23.8 Å². The summed E-state index contributed by atoms with van der Waals surface area (Å²) < 4.78 is 19.2. The van der Waals surface area contributed by atoms with Crippen molar-refractivity contribution in [3.8, 4) is 28.5 Å². The van der Waals surface area contributed by atoms with Crippen molar-refractivity contribution in [3.05, 3.63) is 71.2 Å². The Kier molecular flexibility index (Phi) is 4.97. The molecule has 1 heterocycles. The predicted molar refractivity (Wildman–Crippen MR) is 111 cm³/mol. The van der Waals surface area contributed by atoms with Crippen LogP contribution in [0.4, 0.5) is 0 Å². The van der Waals surface area contributed by atoms with Crippen molar-refractivity contribution < 1.29 is 18.8 Å². The fourth-order valence-corrected chi connectivity index (χ4v) is 3.90. The number of hydrogen-bond donors (Lipinski definition) is 0. The third kappa shape index (κ3) is 3.10. The second kappa shape index (κ2) is 7.56. The molecule has 2 aromatic carbocycles. The van der Waals surface area contributed by atoms with Gasteiger partial charge in [0.1, 0.15) is 18.7 Å². The molecule has 0 spiro atoms. The summed E-state index contributed by atoms with van der Waals surface area (Å²) in [7, 11) is 5.22. The fraction of sp³-hybridized carbons (Fsp3) is 0.174. The number of aromatic nitrogens is 1. The van der Waals surface area contributed by atoms with Crippen molar-refractivity contribution >= 4 is 22.5 Å². The molecule has 1 aliphatic heterocycles. The third-order valence-corrected chi connectivity index (χ3v) is 5.18. The summed E-state index contributed by atoms with van der Waals surface area (Å²) in [6.07, 6.45) is 0. The molecule has 2 aliphatic rings. The van der Waals surface area contributed by atoms with E-state index in [1.54, 1.807) is 20.3 Å². The summed E-state index contributed by atoms with van der Waals surface area (Å²) in [4.78, 5) is 0. The van der Waals surface area contributed by atoms with E-state index >= 15 is 0 Å². The van der Waals surface area contributed by atoms with Gasteiger partial charge in [-0.3, -0.25) is 0 Å². The number of aryl methyl sites for hydroxylation is 1. The van der Waals surface area contributed by atoms with E-state index in [4.69, 9.17) is 25.8 Å². The van der Waals surface area contributed by atoms with E-state index in [1.165, 1.54) is 0 Å². The van der Waals surface area contributed by atoms with Crippen molar-refractivity contribution in [2.24, 2.45) is 7.05 Å². The lowest BCUT2D eigenvalue weighted by Gasteiger charge is -2.06. The van der Waals surface area contributed by atoms with Crippen LogP contribution in [0.3, 0.4) is 0 Å². The smallest absolute Gasteiger partial charge is 0.256 e. The number of nitrogens with zero attached hydrogens (tertiary/aromatic N) is 1. The topological polar surface area (TPSA) is 31.6 Å². The Morgan fingerprint density at radius 3 is 2.29 bits per heavy atom. The van der Waals surface area contributed by atoms with Crippen LogP contribution in [-0.4, -0.2) is 14.2 Å². The molecule has 0 amide bonds. The highest BCUT2D eigenvalue weighted by atomic mass is 35.5. The molecule has 4 rings (SSSR count). The van der Waals surface area contributed by atoms with E-state index in [0.29, 0.717) is 23.1 Å². The van der Waals surface area contributed by atoms with E-state index in [9.17, 15) is 0 Å². The lowest BCUT2D eigenvalue weighted by atomic mass is 10.1. The Morgan fingerprint density at radius 2 is 1.57 bits per heavy atom. The molecule has 142 valence electrons. The van der Waals surface area contributed by atoms with E-state index in [1.807, 2.05) is 43.4 Å². The second-order valence-electron chi connectivity index (χ2n) is 6.52. The van der Waals surface area contributed by atoms with Gasteiger partial charge in [-0.2, -0.15) is 4.57 Å². The average Bonchev–Trinajstić information content (AvgIpc) is 2.92. The normalized spacial score (nSPS) is 11.0. The third-order valence-electron chi connectivity index (χ3n) is 4.89. The van der Waals surface area contributed by atoms with Crippen LogP contribution in [0.25, 0.3) is 22.2 Å². The average molecular weight is 395 g/mol. The van der Waals surface area contributed by atoms with Gasteiger partial charge in [-0.1, -0.05) is 48.0 Å². The van der Waals surface area contributed by atoms with Crippen molar-refractivity contribution in [2.45, 2.75) is 6.61 Å². The molecule has 1 aliphatic carbocycles. The van der Waals surface area contributed by atoms with E-state index in [2.05, 4.69) is 22.8 Å². The molecule has 2 aromatic rings. The monoisotopic (exact) mass is 394 g/mol. The highest BCUT2D eigenvalue weighted by molar-refractivity contribution is 6.33. The molecule has 0 bridgehead atoms. The van der Waals surface area contributed by atoms with Gasteiger partial charge >= 0.3 is 0 Å². The van der Waals surface area contributed by atoms with E-state index in [-0.39, 0.29) is 0 Å². The number of para-hydroxylation sites is 1. The Balaban J connectivity index is 1.90. The first-order chi connectivity index (χ1) is 13.6. The standard InChI is InChI=1S/C23H21ClNO3/c1-25-22-17(12-20(26-2)21(27-3)13-18(22)24)16-10-7-11-19(23(16)25)28-14-15-8-5-4-6-9-15/h4-13H,14H2,1-3H3/q+1. The lowest BCUT2D eigenvalue weighted by Crippen LogP contribution is -2.28. The molecule has 5 heteroatoms. The summed E-state index contributed by atoms with van der Waals surface area (Å²) in [6, 6.07) is 19.9. The summed E-state index contributed by atoms with van der Waals surface area (Å²) in [5, 5.41) is 1.63. The number of halogens is 1. The first kappa shape index (κ1) is 18.4. The predicted octanol–water partition coefficient (Wildman–Crippen LogP) is 5.02. The van der Waals surface area contributed by atoms with Crippen LogP contribution in [0.5, 0.6) is 17.2 Å². The van der Waals surface area contributed by atoms with Gasteiger partial charge in [0.15, 0.2) is 17.2 Å². The van der Waals surface area contributed by atoms with Crippen molar-refractivity contribution in [3.63, 3.8) is 0 Å². The molecular weight excluding hydrogens is 374 g/mol. The van der Waals surface area contributed by atoms with Crippen LogP contribution < -0.4 is 18.8 Å². The van der Waals surface area contributed by atoms with Gasteiger partial charge in [-0.15, -0.1) is 0 Å². The number of fused-ring (bicyclic) bond motifs is 3. The first-order valence-electron chi connectivity index (χ1n) is 8.96. The summed E-state index contributed by atoms with van der Waals surface area (Å²) in [5.41, 5.74) is 3.98. The van der Waals surface area contributed by atoms with Crippen LogP contribution in [0, 0.1) is 0 Å². The van der Waals surface area contributed by atoms with Crippen LogP contribution in [0.1, 0.15) is 5.56 Å². The molecule has 28 heavy (non-hydrogen) atoms. The molecule has 0 aromatic heterocycles. The fourth-order valence-electron chi connectivity index (χ4n) is 3.57. The van der Waals surface area contributed by atoms with Crippen LogP contribution in [-0.2, 0) is 13.7 Å². The number of ether oxygens (including phenoxy) is 3. The minimum Gasteiger partial charge on any atom is -0.493 e. The molecule has 0 atom stereocenters. The molecule has 0 radical (unpaired) electrons. The zero-order valence-corrected chi connectivity index (χ0v) is 16.8. The molecule has 4 nitrogen and oxygen atoms in total. The molecule has 0 saturated carbocycles. The molecular formula is C23H21ClNO3+. The Labute approximate surface area is 169 Å². The van der Waals surface area contributed by atoms with Crippen LogP contribution >= 0.6 is 11.6 Å². The van der Waals surface area contributed by atoms with Gasteiger partial charge in [0.2, 0.25) is 5.69 Å². The summed E-state index contributed by atoms with van der Waals surface area (Å²) in [5.74, 6) is 2.03. The van der Waals surface area contributed by atoms with Crippen molar-refractivity contribution in [2.75, 3.05) is 14.2 Å². The molecule has 0 fully saturated rings. The van der Waals surface area contributed by atoms with E-state index in [0.717, 1.165) is 33.5 Å². The minimum absolute atomic E-state index is 0.500. The highest BCUT2D eigenvalue weighted by Crippen LogP contribution is 2.42. The Bertz CT molecular complexity index is 1110. The van der Waals surface area contributed by atoms with Crippen LogP contribution in [0.2, 0.25) is 5.02 Å². The molecule has 0 N–H and O–H groups in total. The van der Waals surface area contributed by atoms with Gasteiger partial charge in [0.25, 0.3) is 5.52 Å². The highest BCUT2D eigenvalue weighted by Gasteiger charge is 2.29. The molecule has 0 saturated heterocycles. The van der Waals surface area contributed by atoms with E-state index < -0.39 is 0 Å². The van der Waals surface area contributed by atoms with Gasteiger partial charge in [-0.25, -0.2) is 0 Å². The second-order valence-corrected chi connectivity index (χ2v) is 6.93. The van der Waals surface area contributed by atoms with Crippen LogP contribution in [0.15, 0.2) is 60.7 Å². The van der Waals surface area contributed by atoms with Crippen molar-refractivity contribution in [1.29, 1.82) is 0 Å². The van der Waals surface area contributed by atoms with Gasteiger partial charge in [0, 0.05) is 6.07 Å². The van der Waals surface area contributed by atoms with Gasteiger partial charge < -0.3 is 14.2 Å². The largest absolute Gasteiger partial charge is 0.493 e. The Morgan fingerprint density at radius 1 is 0.857 bits per heavy atom. The number of benzene rings is 2. The maximum absolute atomic E-state index is 6.66. The zero-order valence-electron chi connectivity index (χ0n) is 16.0. The first-order valence-corrected chi connectivity index (χ1v) is 9.34. The quantitative estimate of drug-likeness (QED) is 0.445. The maximum atomic E-state index is 6.66. The SMILES string of the molecule is COc1cc(Cl)c2[n+](C)c3c(OCc4ccccc4)cccc3c-2cc1OC. The van der Waals surface area contributed by atoms with Gasteiger partial charge in [0.05, 0.1) is 25.2 Å². The Hall–Kier alpha value is -2.98. The minimum atomic E-state index is 0.500. The summed E-state index contributed by atoms with van der Waals surface area (Å²) >= 11 is 6.66. The maximum Gasteiger partial charge on any atom is 0.256 e. The number of rotatable bonds is 5. The van der Waals surface area contributed by atoms with Crippen molar-refractivity contribution in [1.82, 2.24) is 0 Å². The summed E-state index contributed by atoms with van der Waals surface area (Å²) in [6.45, 7) is 0.500. The zero-order chi connectivity index (χ0) is 19.7. The molecule has 0 unspecified atom stereocenters. The number of methoxy groups -OCH3 is 2.